The zero-order chi connectivity index (χ0) is 9.15. The largest absolute Gasteiger partial charge is 0.313 e. The summed E-state index contributed by atoms with van der Waals surface area (Å²) in [5.41, 5.74) is 1.72. The normalized spacial score (nSPS) is 19.5. The lowest BCUT2D eigenvalue weighted by Gasteiger charge is -2.42. The third-order valence-corrected chi connectivity index (χ3v) is 2.84. The number of hydrogen-bond donors (Lipinski definition) is 2. The van der Waals surface area contributed by atoms with Gasteiger partial charge in [0.25, 0.3) is 0 Å². The van der Waals surface area contributed by atoms with Crippen molar-refractivity contribution >= 4 is 0 Å². The van der Waals surface area contributed by atoms with Crippen molar-refractivity contribution < 1.29 is 0 Å². The molecule has 0 aromatic heterocycles. The van der Waals surface area contributed by atoms with E-state index in [0.717, 1.165) is 19.5 Å². The van der Waals surface area contributed by atoms with E-state index in [1.54, 1.807) is 0 Å². The standard InChI is InChI=1S/C11H16N2/c1-12-11(8-13-9-11)7-10-5-3-2-4-6-10/h2-6,12-13H,7-9H2,1H3. The second-order valence-corrected chi connectivity index (χ2v) is 3.80. The fraction of sp³-hybridized carbons (Fsp3) is 0.455. The third-order valence-electron chi connectivity index (χ3n) is 2.84. The van der Waals surface area contributed by atoms with Crippen molar-refractivity contribution in [2.24, 2.45) is 0 Å². The van der Waals surface area contributed by atoms with Crippen molar-refractivity contribution in [3.05, 3.63) is 35.9 Å². The third kappa shape index (κ3) is 1.74. The maximum Gasteiger partial charge on any atom is 0.0470 e. The van der Waals surface area contributed by atoms with E-state index in [1.807, 2.05) is 7.05 Å². The predicted octanol–water partition coefficient (Wildman–Crippen LogP) is 0.790. The highest BCUT2D eigenvalue weighted by molar-refractivity contribution is 5.20. The SMILES string of the molecule is CNC1(Cc2ccccc2)CNC1. The molecule has 1 aromatic carbocycles. The molecular formula is C11H16N2. The van der Waals surface area contributed by atoms with Gasteiger partial charge in [0.15, 0.2) is 0 Å². The van der Waals surface area contributed by atoms with E-state index in [4.69, 9.17) is 0 Å². The van der Waals surface area contributed by atoms with Crippen LogP contribution in [0.2, 0.25) is 0 Å². The Bertz CT molecular complexity index is 259. The minimum Gasteiger partial charge on any atom is -0.313 e. The van der Waals surface area contributed by atoms with Gasteiger partial charge in [0.2, 0.25) is 0 Å². The summed E-state index contributed by atoms with van der Waals surface area (Å²) in [6, 6.07) is 10.7. The van der Waals surface area contributed by atoms with Gasteiger partial charge in [-0.25, -0.2) is 0 Å². The van der Waals surface area contributed by atoms with Gasteiger partial charge < -0.3 is 10.6 Å². The summed E-state index contributed by atoms with van der Waals surface area (Å²) in [5.74, 6) is 0. The first-order valence-corrected chi connectivity index (χ1v) is 4.78. The Labute approximate surface area is 79.4 Å². The van der Waals surface area contributed by atoms with E-state index in [2.05, 4.69) is 41.0 Å². The van der Waals surface area contributed by atoms with Crippen LogP contribution in [-0.2, 0) is 6.42 Å². The van der Waals surface area contributed by atoms with Crippen LogP contribution in [0.25, 0.3) is 0 Å². The molecule has 0 amide bonds. The van der Waals surface area contributed by atoms with Crippen LogP contribution < -0.4 is 10.6 Å². The van der Waals surface area contributed by atoms with Crippen molar-refractivity contribution in [3.63, 3.8) is 0 Å². The highest BCUT2D eigenvalue weighted by atomic mass is 15.1. The van der Waals surface area contributed by atoms with E-state index in [1.165, 1.54) is 5.56 Å². The summed E-state index contributed by atoms with van der Waals surface area (Å²) in [7, 11) is 2.05. The first-order valence-electron chi connectivity index (χ1n) is 4.78. The summed E-state index contributed by atoms with van der Waals surface area (Å²) in [4.78, 5) is 0. The molecule has 2 rings (SSSR count). The molecule has 2 heteroatoms. The van der Waals surface area contributed by atoms with Gasteiger partial charge in [0.05, 0.1) is 0 Å². The number of rotatable bonds is 3. The lowest BCUT2D eigenvalue weighted by Crippen LogP contribution is -2.67. The zero-order valence-corrected chi connectivity index (χ0v) is 8.01. The number of likely N-dealkylation sites (N-methyl/N-ethyl adjacent to an activating group) is 1. The lowest BCUT2D eigenvalue weighted by atomic mass is 9.85. The molecule has 70 valence electrons. The van der Waals surface area contributed by atoms with Gasteiger partial charge in [-0.3, -0.25) is 0 Å². The summed E-state index contributed by atoms with van der Waals surface area (Å²) < 4.78 is 0. The van der Waals surface area contributed by atoms with Gasteiger partial charge in [-0.15, -0.1) is 0 Å². The summed E-state index contributed by atoms with van der Waals surface area (Å²) in [6.45, 7) is 2.16. The predicted molar refractivity (Wildman–Crippen MR) is 54.8 cm³/mol. The van der Waals surface area contributed by atoms with E-state index >= 15 is 0 Å². The molecule has 1 aromatic rings. The molecule has 1 heterocycles. The van der Waals surface area contributed by atoms with Gasteiger partial charge in [-0.2, -0.15) is 0 Å². The zero-order valence-electron chi connectivity index (χ0n) is 8.01. The van der Waals surface area contributed by atoms with Crippen LogP contribution >= 0.6 is 0 Å². The number of nitrogens with one attached hydrogen (secondary N) is 2. The monoisotopic (exact) mass is 176 g/mol. The second-order valence-electron chi connectivity index (χ2n) is 3.80. The van der Waals surface area contributed by atoms with Crippen LogP contribution in [0.15, 0.2) is 30.3 Å². The summed E-state index contributed by atoms with van der Waals surface area (Å²) in [6.07, 6.45) is 1.12. The number of hydrogen-bond acceptors (Lipinski definition) is 2. The van der Waals surface area contributed by atoms with Gasteiger partial charge in [-0.05, 0) is 19.0 Å². The summed E-state index contributed by atoms with van der Waals surface area (Å²) in [5, 5.41) is 6.71. The van der Waals surface area contributed by atoms with Crippen LogP contribution in [0.3, 0.4) is 0 Å². The molecule has 0 bridgehead atoms. The van der Waals surface area contributed by atoms with Crippen molar-refractivity contribution in [3.8, 4) is 0 Å². The summed E-state index contributed by atoms with van der Waals surface area (Å²) >= 11 is 0. The first-order chi connectivity index (χ1) is 6.35. The van der Waals surface area contributed by atoms with Crippen molar-refractivity contribution in [2.75, 3.05) is 20.1 Å². The molecule has 1 aliphatic rings. The quantitative estimate of drug-likeness (QED) is 0.711. The Morgan fingerprint density at radius 3 is 2.46 bits per heavy atom. The Morgan fingerprint density at radius 1 is 1.31 bits per heavy atom. The van der Waals surface area contributed by atoms with Crippen LogP contribution in [0.4, 0.5) is 0 Å². The van der Waals surface area contributed by atoms with Crippen molar-refractivity contribution in [2.45, 2.75) is 12.0 Å². The molecule has 13 heavy (non-hydrogen) atoms. The Balaban J connectivity index is 2.05. The molecule has 1 fully saturated rings. The number of benzene rings is 1. The molecule has 1 aliphatic heterocycles. The van der Waals surface area contributed by atoms with E-state index in [0.29, 0.717) is 5.54 Å². The van der Waals surface area contributed by atoms with Crippen LogP contribution in [0.1, 0.15) is 5.56 Å². The van der Waals surface area contributed by atoms with Crippen LogP contribution in [0.5, 0.6) is 0 Å². The minimum atomic E-state index is 0.307. The Morgan fingerprint density at radius 2 is 2.00 bits per heavy atom. The first kappa shape index (κ1) is 8.73. The molecule has 0 atom stereocenters. The fourth-order valence-corrected chi connectivity index (χ4v) is 1.80. The second kappa shape index (κ2) is 3.48. The molecule has 0 spiro atoms. The van der Waals surface area contributed by atoms with E-state index in [9.17, 15) is 0 Å². The molecule has 0 aliphatic carbocycles. The van der Waals surface area contributed by atoms with Gasteiger partial charge in [0.1, 0.15) is 0 Å². The highest BCUT2D eigenvalue weighted by Crippen LogP contribution is 2.17. The average Bonchev–Trinajstić information content (AvgIpc) is 2.13. The van der Waals surface area contributed by atoms with E-state index in [-0.39, 0.29) is 0 Å². The molecule has 1 saturated heterocycles. The Kier molecular flexibility index (Phi) is 2.34. The van der Waals surface area contributed by atoms with E-state index < -0.39 is 0 Å². The van der Waals surface area contributed by atoms with Gasteiger partial charge >= 0.3 is 0 Å². The minimum absolute atomic E-state index is 0.307. The lowest BCUT2D eigenvalue weighted by molar-refractivity contribution is 0.228. The molecule has 0 unspecified atom stereocenters. The molecular weight excluding hydrogens is 160 g/mol. The maximum absolute atomic E-state index is 3.40. The fourth-order valence-electron chi connectivity index (χ4n) is 1.80. The molecule has 2 nitrogen and oxygen atoms in total. The smallest absolute Gasteiger partial charge is 0.0470 e. The van der Waals surface area contributed by atoms with Crippen molar-refractivity contribution in [1.29, 1.82) is 0 Å². The molecule has 0 radical (unpaired) electrons. The topological polar surface area (TPSA) is 24.1 Å². The van der Waals surface area contributed by atoms with Gasteiger partial charge in [-0.1, -0.05) is 30.3 Å². The Hall–Kier alpha value is -0.860. The molecule has 0 saturated carbocycles. The maximum atomic E-state index is 3.40. The van der Waals surface area contributed by atoms with Crippen molar-refractivity contribution in [1.82, 2.24) is 10.6 Å². The van der Waals surface area contributed by atoms with Gasteiger partial charge in [0, 0.05) is 18.6 Å². The highest BCUT2D eigenvalue weighted by Gasteiger charge is 2.34. The molecule has 2 N–H and O–H groups in total. The van der Waals surface area contributed by atoms with Crippen LogP contribution in [0, 0.1) is 0 Å². The van der Waals surface area contributed by atoms with Crippen LogP contribution in [-0.4, -0.2) is 25.7 Å². The average molecular weight is 176 g/mol.